The lowest BCUT2D eigenvalue weighted by Gasteiger charge is -2.36. The molecule has 0 aliphatic heterocycles. The van der Waals surface area contributed by atoms with Gasteiger partial charge in [-0.15, -0.1) is 0 Å². The molecule has 0 N–H and O–H groups in total. The van der Waals surface area contributed by atoms with Gasteiger partial charge in [0.05, 0.1) is 27.2 Å². The summed E-state index contributed by atoms with van der Waals surface area (Å²) in [5.41, 5.74) is 5.22. The molecule has 182 valence electrons. The van der Waals surface area contributed by atoms with Gasteiger partial charge in [0.25, 0.3) is 5.69 Å². The van der Waals surface area contributed by atoms with E-state index in [1.807, 2.05) is 72.8 Å². The number of benzene rings is 4. The third kappa shape index (κ3) is 3.91. The average molecular weight is 494 g/mol. The van der Waals surface area contributed by atoms with Gasteiger partial charge in [-0.1, -0.05) is 109 Å². The van der Waals surface area contributed by atoms with Gasteiger partial charge in [0, 0.05) is 29.3 Å². The largest absolute Gasteiger partial charge is 0.270 e. The Bertz CT molecular complexity index is 1640. The van der Waals surface area contributed by atoms with Gasteiger partial charge in [0.2, 0.25) is 0 Å². The van der Waals surface area contributed by atoms with Crippen molar-refractivity contribution in [1.82, 2.24) is 9.97 Å². The lowest BCUT2D eigenvalue weighted by Crippen LogP contribution is -2.32. The molecule has 0 atom stereocenters. The highest BCUT2D eigenvalue weighted by Crippen LogP contribution is 2.45. The van der Waals surface area contributed by atoms with Crippen LogP contribution >= 0.6 is 0 Å². The van der Waals surface area contributed by atoms with Gasteiger partial charge in [-0.2, -0.15) is 0 Å². The van der Waals surface area contributed by atoms with Crippen LogP contribution in [0.15, 0.2) is 140 Å². The van der Waals surface area contributed by atoms with Crippen molar-refractivity contribution in [3.8, 4) is 11.3 Å². The van der Waals surface area contributed by atoms with Crippen molar-refractivity contribution in [3.63, 3.8) is 0 Å². The van der Waals surface area contributed by atoms with Gasteiger partial charge in [0.15, 0.2) is 0 Å². The van der Waals surface area contributed by atoms with Crippen LogP contribution in [-0.2, 0) is 5.41 Å². The summed E-state index contributed by atoms with van der Waals surface area (Å²) in [5, 5.41) is 12.5. The van der Waals surface area contributed by atoms with Crippen molar-refractivity contribution >= 4 is 16.6 Å². The van der Waals surface area contributed by atoms with E-state index in [1.165, 1.54) is 6.07 Å². The van der Waals surface area contributed by atoms with Gasteiger partial charge in [-0.25, -0.2) is 4.98 Å². The zero-order valence-electron chi connectivity index (χ0n) is 20.4. The van der Waals surface area contributed by atoms with E-state index in [1.54, 1.807) is 18.3 Å². The Hall–Kier alpha value is -5.16. The lowest BCUT2D eigenvalue weighted by atomic mass is 9.67. The molecule has 5 heteroatoms. The summed E-state index contributed by atoms with van der Waals surface area (Å²) in [4.78, 5) is 21.1. The van der Waals surface area contributed by atoms with Gasteiger partial charge in [-0.05, 0) is 28.8 Å². The predicted molar refractivity (Wildman–Crippen MR) is 150 cm³/mol. The average Bonchev–Trinajstić information content (AvgIpc) is 2.99. The Morgan fingerprint density at radius 2 is 1.21 bits per heavy atom. The minimum absolute atomic E-state index is 0.0132. The number of hydrogen-bond donors (Lipinski definition) is 0. The Morgan fingerprint density at radius 1 is 0.632 bits per heavy atom. The van der Waals surface area contributed by atoms with Crippen LogP contribution in [0.25, 0.3) is 22.2 Å². The van der Waals surface area contributed by atoms with E-state index in [0.29, 0.717) is 16.8 Å². The quantitative estimate of drug-likeness (QED) is 0.136. The van der Waals surface area contributed by atoms with Crippen LogP contribution in [0.1, 0.15) is 22.4 Å². The zero-order chi connectivity index (χ0) is 26.0. The van der Waals surface area contributed by atoms with Crippen LogP contribution in [0.3, 0.4) is 0 Å². The fourth-order valence-corrected chi connectivity index (χ4v) is 5.25. The van der Waals surface area contributed by atoms with Crippen LogP contribution in [0.2, 0.25) is 0 Å². The van der Waals surface area contributed by atoms with E-state index in [2.05, 4.69) is 47.4 Å². The molecule has 6 aromatic rings. The summed E-state index contributed by atoms with van der Waals surface area (Å²) in [7, 11) is 0. The van der Waals surface area contributed by atoms with Gasteiger partial charge in [0.1, 0.15) is 0 Å². The highest BCUT2D eigenvalue weighted by molar-refractivity contribution is 5.92. The molecule has 0 saturated heterocycles. The molecular weight excluding hydrogens is 470 g/mol. The number of hydrogen-bond acceptors (Lipinski definition) is 4. The molecule has 0 bridgehead atoms. The Balaban J connectivity index is 1.76. The van der Waals surface area contributed by atoms with Crippen molar-refractivity contribution in [2.24, 2.45) is 0 Å². The highest BCUT2D eigenvalue weighted by atomic mass is 16.6. The van der Waals surface area contributed by atoms with E-state index in [0.717, 1.165) is 27.8 Å². The molecule has 0 aliphatic carbocycles. The Labute approximate surface area is 220 Å². The molecule has 0 saturated carbocycles. The number of nitro groups is 1. The fourth-order valence-electron chi connectivity index (χ4n) is 5.25. The first-order valence-corrected chi connectivity index (χ1v) is 12.4. The van der Waals surface area contributed by atoms with Crippen LogP contribution in [0.5, 0.6) is 0 Å². The maximum atomic E-state index is 11.6. The van der Waals surface area contributed by atoms with Gasteiger partial charge in [-0.3, -0.25) is 15.1 Å². The minimum Gasteiger partial charge on any atom is -0.258 e. The summed E-state index contributed by atoms with van der Waals surface area (Å²) in [6, 6.07) is 43.6. The summed E-state index contributed by atoms with van der Waals surface area (Å²) in [6.45, 7) is 0. The second-order valence-corrected chi connectivity index (χ2v) is 9.09. The molecule has 0 radical (unpaired) electrons. The van der Waals surface area contributed by atoms with Crippen molar-refractivity contribution in [3.05, 3.63) is 172 Å². The molecule has 6 rings (SSSR count). The van der Waals surface area contributed by atoms with Gasteiger partial charge < -0.3 is 0 Å². The Morgan fingerprint density at radius 3 is 1.76 bits per heavy atom. The molecule has 2 heterocycles. The summed E-state index contributed by atoms with van der Waals surface area (Å²) in [6.07, 6.45) is 1.73. The molecule has 0 amide bonds. The van der Waals surface area contributed by atoms with E-state index in [-0.39, 0.29) is 10.6 Å². The van der Waals surface area contributed by atoms with E-state index in [9.17, 15) is 10.1 Å². The molecule has 0 spiro atoms. The second kappa shape index (κ2) is 9.71. The number of aromatic nitrogens is 2. The van der Waals surface area contributed by atoms with Crippen molar-refractivity contribution in [2.45, 2.75) is 5.41 Å². The van der Waals surface area contributed by atoms with E-state index in [4.69, 9.17) is 4.98 Å². The maximum absolute atomic E-state index is 11.6. The monoisotopic (exact) mass is 493 g/mol. The molecule has 5 nitrogen and oxygen atoms in total. The number of fused-ring (bicyclic) bond motifs is 1. The first-order chi connectivity index (χ1) is 18.7. The molecule has 0 aliphatic rings. The second-order valence-electron chi connectivity index (χ2n) is 9.09. The molecular formula is C33H23N3O2. The molecule has 0 unspecified atom stereocenters. The van der Waals surface area contributed by atoms with Crippen LogP contribution in [-0.4, -0.2) is 14.9 Å². The van der Waals surface area contributed by atoms with Crippen molar-refractivity contribution in [2.75, 3.05) is 0 Å². The Kier molecular flexibility index (Phi) is 5.94. The summed E-state index contributed by atoms with van der Waals surface area (Å²) < 4.78 is 0. The molecule has 4 aromatic carbocycles. The summed E-state index contributed by atoms with van der Waals surface area (Å²) >= 11 is 0. The summed E-state index contributed by atoms with van der Waals surface area (Å²) in [5.74, 6) is 0. The SMILES string of the molecule is O=[N+]([O-])c1cccc(-c2nc(C(c3ccccc3)(c3ccccc3)c3ccccc3)cc3cccnc23)c1. The number of nitrogens with zero attached hydrogens (tertiary/aromatic N) is 3. The van der Waals surface area contributed by atoms with Crippen LogP contribution in [0, 0.1) is 10.1 Å². The van der Waals surface area contributed by atoms with Gasteiger partial charge >= 0.3 is 0 Å². The maximum Gasteiger partial charge on any atom is 0.270 e. The molecule has 0 fully saturated rings. The van der Waals surface area contributed by atoms with Crippen molar-refractivity contribution < 1.29 is 4.92 Å². The number of nitro benzene ring substituents is 1. The number of non-ortho nitro benzene ring substituents is 1. The predicted octanol–water partition coefficient (Wildman–Crippen LogP) is 7.59. The van der Waals surface area contributed by atoms with Crippen molar-refractivity contribution in [1.29, 1.82) is 0 Å². The van der Waals surface area contributed by atoms with Crippen LogP contribution < -0.4 is 0 Å². The number of rotatable bonds is 6. The zero-order valence-corrected chi connectivity index (χ0v) is 20.4. The minimum atomic E-state index is -0.747. The molecule has 2 aromatic heterocycles. The first kappa shape index (κ1) is 23.3. The smallest absolute Gasteiger partial charge is 0.258 e. The number of pyridine rings is 2. The first-order valence-electron chi connectivity index (χ1n) is 12.4. The third-order valence-electron chi connectivity index (χ3n) is 6.92. The highest BCUT2D eigenvalue weighted by Gasteiger charge is 2.40. The standard InChI is InChI=1S/C33H23N3O2/c37-36(38)29-20-10-12-24(22-29)32-31-25(13-11-21-34-31)23-30(35-32)33(26-14-4-1-5-15-26,27-16-6-2-7-17-27)28-18-8-3-9-19-28/h1-23H. The third-order valence-corrected chi connectivity index (χ3v) is 6.92. The van der Waals surface area contributed by atoms with E-state index < -0.39 is 5.41 Å². The topological polar surface area (TPSA) is 68.9 Å². The lowest BCUT2D eigenvalue weighted by molar-refractivity contribution is -0.384. The normalized spacial score (nSPS) is 11.4. The molecule has 38 heavy (non-hydrogen) atoms. The van der Waals surface area contributed by atoms with E-state index >= 15 is 0 Å². The van der Waals surface area contributed by atoms with Crippen LogP contribution in [0.4, 0.5) is 5.69 Å². The fraction of sp³-hybridized carbons (Fsp3) is 0.0303.